The molecule has 0 amide bonds. The van der Waals surface area contributed by atoms with Crippen molar-refractivity contribution in [3.63, 3.8) is 0 Å². The number of phenolic OH excluding ortho intramolecular Hbond substituents is 1. The number of halogens is 2. The number of esters is 1. The molecular formula is C16H15Cl2NO5S. The van der Waals surface area contributed by atoms with Gasteiger partial charge in [0.05, 0.1) is 17.2 Å². The number of carbonyl (C=O) groups excluding carboxylic acids is 1. The average Bonchev–Trinajstić information content (AvgIpc) is 2.56. The van der Waals surface area contributed by atoms with E-state index in [4.69, 9.17) is 27.9 Å². The minimum Gasteiger partial charge on any atom is -0.505 e. The third-order valence-corrected chi connectivity index (χ3v) is 4.99. The zero-order valence-electron chi connectivity index (χ0n) is 13.1. The number of benzene rings is 2. The largest absolute Gasteiger partial charge is 0.505 e. The van der Waals surface area contributed by atoms with E-state index in [1.165, 1.54) is 30.3 Å². The van der Waals surface area contributed by atoms with Crippen LogP contribution in [0.25, 0.3) is 0 Å². The van der Waals surface area contributed by atoms with Crippen molar-refractivity contribution in [1.82, 2.24) is 0 Å². The summed E-state index contributed by atoms with van der Waals surface area (Å²) in [7, 11) is -4.12. The lowest BCUT2D eigenvalue weighted by atomic mass is 10.2. The van der Waals surface area contributed by atoms with Crippen molar-refractivity contribution in [3.8, 4) is 5.75 Å². The van der Waals surface area contributed by atoms with Gasteiger partial charge in [0, 0.05) is 10.7 Å². The molecule has 0 fully saturated rings. The molecular weight excluding hydrogens is 389 g/mol. The number of aromatic hydroxyl groups is 1. The van der Waals surface area contributed by atoms with Gasteiger partial charge in [-0.1, -0.05) is 30.1 Å². The molecule has 0 saturated heterocycles. The minimum absolute atomic E-state index is 0.0668. The van der Waals surface area contributed by atoms with Gasteiger partial charge in [-0.2, -0.15) is 0 Å². The minimum atomic E-state index is -4.12. The molecule has 9 heteroatoms. The van der Waals surface area contributed by atoms with Crippen molar-refractivity contribution in [2.24, 2.45) is 0 Å². The molecule has 0 atom stereocenters. The van der Waals surface area contributed by atoms with Gasteiger partial charge in [0.25, 0.3) is 10.0 Å². The number of hydrogen-bond donors (Lipinski definition) is 2. The Morgan fingerprint density at radius 1 is 1.20 bits per heavy atom. The van der Waals surface area contributed by atoms with Gasteiger partial charge in [0.2, 0.25) is 0 Å². The van der Waals surface area contributed by atoms with Crippen molar-refractivity contribution >= 4 is 44.9 Å². The molecule has 6 nitrogen and oxygen atoms in total. The lowest BCUT2D eigenvalue weighted by Crippen LogP contribution is -2.13. The van der Waals surface area contributed by atoms with Gasteiger partial charge >= 0.3 is 5.97 Å². The molecule has 134 valence electrons. The first kappa shape index (κ1) is 19.4. The summed E-state index contributed by atoms with van der Waals surface area (Å²) in [6, 6.07) is 7.99. The average molecular weight is 404 g/mol. The highest BCUT2D eigenvalue weighted by molar-refractivity contribution is 7.92. The van der Waals surface area contributed by atoms with E-state index in [2.05, 4.69) is 4.72 Å². The molecule has 2 rings (SSSR count). The van der Waals surface area contributed by atoms with Crippen molar-refractivity contribution in [1.29, 1.82) is 0 Å². The number of anilines is 1. The molecule has 0 aliphatic carbocycles. The highest BCUT2D eigenvalue weighted by Crippen LogP contribution is 2.35. The van der Waals surface area contributed by atoms with Gasteiger partial charge in [-0.3, -0.25) is 4.72 Å². The van der Waals surface area contributed by atoms with E-state index in [-0.39, 0.29) is 15.7 Å². The number of carbonyl (C=O) groups is 1. The van der Waals surface area contributed by atoms with E-state index in [9.17, 15) is 18.3 Å². The molecule has 0 aliphatic heterocycles. The van der Waals surface area contributed by atoms with Crippen molar-refractivity contribution < 1.29 is 23.1 Å². The Hall–Kier alpha value is -1.96. The fraction of sp³-hybridized carbons (Fsp3) is 0.188. The zero-order valence-corrected chi connectivity index (χ0v) is 15.5. The monoisotopic (exact) mass is 403 g/mol. The summed E-state index contributed by atoms with van der Waals surface area (Å²) in [6.45, 7) is 2.19. The zero-order chi connectivity index (χ0) is 18.6. The normalized spacial score (nSPS) is 11.2. The molecule has 0 unspecified atom stereocenters. The first-order valence-corrected chi connectivity index (χ1v) is 9.46. The van der Waals surface area contributed by atoms with Crippen LogP contribution in [0.2, 0.25) is 10.0 Å². The Bertz CT molecular complexity index is 882. The van der Waals surface area contributed by atoms with E-state index in [0.29, 0.717) is 18.6 Å². The van der Waals surface area contributed by atoms with Gasteiger partial charge in [-0.05, 0) is 42.8 Å². The van der Waals surface area contributed by atoms with Crippen LogP contribution in [0.15, 0.2) is 41.3 Å². The van der Waals surface area contributed by atoms with Crippen LogP contribution in [0, 0.1) is 0 Å². The van der Waals surface area contributed by atoms with Crippen molar-refractivity contribution in [3.05, 3.63) is 52.0 Å². The Morgan fingerprint density at radius 2 is 1.84 bits per heavy atom. The highest BCUT2D eigenvalue weighted by Gasteiger charge is 2.22. The summed E-state index contributed by atoms with van der Waals surface area (Å²) in [5.74, 6) is -1.09. The molecule has 0 aromatic heterocycles. The number of hydrogen-bond acceptors (Lipinski definition) is 5. The lowest BCUT2D eigenvalue weighted by molar-refractivity contribution is 0.0505. The third-order valence-electron chi connectivity index (χ3n) is 3.09. The van der Waals surface area contributed by atoms with E-state index < -0.39 is 26.6 Å². The third kappa shape index (κ3) is 4.78. The molecule has 0 radical (unpaired) electrons. The van der Waals surface area contributed by atoms with E-state index >= 15 is 0 Å². The molecule has 0 heterocycles. The first-order valence-electron chi connectivity index (χ1n) is 7.22. The summed E-state index contributed by atoms with van der Waals surface area (Å²) in [5.41, 5.74) is 0.493. The van der Waals surface area contributed by atoms with Crippen LogP contribution in [0.3, 0.4) is 0 Å². The highest BCUT2D eigenvalue weighted by atomic mass is 35.5. The number of ether oxygens (including phenoxy) is 1. The van der Waals surface area contributed by atoms with Gasteiger partial charge in [0.1, 0.15) is 4.90 Å². The van der Waals surface area contributed by atoms with Crippen LogP contribution in [0.1, 0.15) is 23.7 Å². The molecule has 0 spiro atoms. The van der Waals surface area contributed by atoms with Crippen LogP contribution < -0.4 is 4.72 Å². The number of sulfonamides is 1. The number of nitrogens with one attached hydrogen (secondary N) is 1. The predicted molar refractivity (Wildman–Crippen MR) is 96.0 cm³/mol. The van der Waals surface area contributed by atoms with Crippen LogP contribution >= 0.6 is 23.2 Å². The van der Waals surface area contributed by atoms with Crippen molar-refractivity contribution in [2.45, 2.75) is 18.2 Å². The van der Waals surface area contributed by atoms with E-state index in [0.717, 1.165) is 6.07 Å². The van der Waals surface area contributed by atoms with Crippen molar-refractivity contribution in [2.75, 3.05) is 11.3 Å². The molecule has 0 aliphatic rings. The number of phenols is 1. The molecule has 0 saturated carbocycles. The second-order valence-electron chi connectivity index (χ2n) is 5.05. The molecule has 25 heavy (non-hydrogen) atoms. The van der Waals surface area contributed by atoms with Crippen LogP contribution in [0.5, 0.6) is 5.75 Å². The SMILES string of the molecule is CCCOC(=O)c1ccc(NS(=O)(=O)c2cc(Cl)cc(Cl)c2O)cc1. The first-order chi connectivity index (χ1) is 11.7. The Kier molecular flexibility index (Phi) is 6.16. The second-order valence-corrected chi connectivity index (χ2v) is 7.55. The van der Waals surface area contributed by atoms with Gasteiger partial charge in [-0.25, -0.2) is 13.2 Å². The molecule has 2 aromatic carbocycles. The Labute approximate surface area is 155 Å². The smallest absolute Gasteiger partial charge is 0.338 e. The molecule has 2 N–H and O–H groups in total. The maximum Gasteiger partial charge on any atom is 0.338 e. The summed E-state index contributed by atoms with van der Waals surface area (Å²) < 4.78 is 32.1. The van der Waals surface area contributed by atoms with Crippen LogP contribution in [0.4, 0.5) is 5.69 Å². The van der Waals surface area contributed by atoms with Crippen LogP contribution in [-0.2, 0) is 14.8 Å². The maximum atomic E-state index is 12.4. The topological polar surface area (TPSA) is 92.7 Å². The molecule has 0 bridgehead atoms. The predicted octanol–water partition coefficient (Wildman–Crippen LogP) is 4.07. The maximum absolute atomic E-state index is 12.4. The molecule has 2 aromatic rings. The fourth-order valence-corrected chi connectivity index (χ4v) is 3.73. The number of rotatable bonds is 6. The van der Waals surface area contributed by atoms with Crippen LogP contribution in [-0.4, -0.2) is 26.1 Å². The summed E-state index contributed by atoms with van der Waals surface area (Å²) in [5, 5.41) is 9.75. The summed E-state index contributed by atoms with van der Waals surface area (Å²) in [6.07, 6.45) is 0.704. The van der Waals surface area contributed by atoms with E-state index in [1.807, 2.05) is 6.92 Å². The lowest BCUT2D eigenvalue weighted by Gasteiger charge is -2.11. The van der Waals surface area contributed by atoms with Gasteiger partial charge in [0.15, 0.2) is 5.75 Å². The van der Waals surface area contributed by atoms with Gasteiger partial charge in [-0.15, -0.1) is 0 Å². The second kappa shape index (κ2) is 7.95. The Morgan fingerprint density at radius 3 is 2.44 bits per heavy atom. The van der Waals surface area contributed by atoms with Gasteiger partial charge < -0.3 is 9.84 Å². The summed E-state index contributed by atoms with van der Waals surface area (Å²) in [4.78, 5) is 11.3. The Balaban J connectivity index is 2.23. The summed E-state index contributed by atoms with van der Waals surface area (Å²) >= 11 is 11.5. The fourth-order valence-electron chi connectivity index (χ4n) is 1.91. The quantitative estimate of drug-likeness (QED) is 0.709. The van der Waals surface area contributed by atoms with E-state index in [1.54, 1.807) is 0 Å². The standard InChI is InChI=1S/C16H15Cl2NO5S/c1-2-7-24-16(21)10-3-5-12(6-4-10)19-25(22,23)14-9-11(17)8-13(18)15(14)20/h3-6,8-9,19-20H,2,7H2,1H3.